The van der Waals surface area contributed by atoms with Gasteiger partial charge in [0.05, 0.1) is 39.0 Å². The van der Waals surface area contributed by atoms with Crippen molar-refractivity contribution in [1.82, 2.24) is 14.9 Å². The third-order valence-electron chi connectivity index (χ3n) is 7.12. The van der Waals surface area contributed by atoms with Crippen LogP contribution < -0.4 is 24.3 Å². The molecule has 1 amide bonds. The second kappa shape index (κ2) is 13.9. The van der Waals surface area contributed by atoms with Crippen molar-refractivity contribution in [3.8, 4) is 23.0 Å². The molecule has 0 saturated carbocycles. The van der Waals surface area contributed by atoms with Crippen molar-refractivity contribution in [2.75, 3.05) is 34.5 Å². The molecule has 4 rings (SSSR count). The van der Waals surface area contributed by atoms with Crippen LogP contribution in [0.15, 0.2) is 54.6 Å². The third kappa shape index (κ3) is 7.12. The number of fused-ring (bicyclic) bond motifs is 1. The van der Waals surface area contributed by atoms with Gasteiger partial charge in [-0.15, -0.1) is 0 Å². The lowest BCUT2D eigenvalue weighted by Gasteiger charge is -2.15. The van der Waals surface area contributed by atoms with Gasteiger partial charge in [0.2, 0.25) is 5.75 Å². The number of ether oxygens (including phenoxy) is 4. The van der Waals surface area contributed by atoms with E-state index >= 15 is 0 Å². The van der Waals surface area contributed by atoms with Gasteiger partial charge in [0.15, 0.2) is 11.5 Å². The van der Waals surface area contributed by atoms with Crippen molar-refractivity contribution in [3.63, 3.8) is 0 Å². The maximum atomic E-state index is 13.0. The molecule has 0 atom stereocenters. The number of nitrogens with zero attached hydrogens (tertiary/aromatic N) is 2. The third-order valence-corrected chi connectivity index (χ3v) is 7.12. The molecule has 0 bridgehead atoms. The minimum atomic E-state index is -0.221. The van der Waals surface area contributed by atoms with Crippen molar-refractivity contribution in [2.45, 2.75) is 52.5 Å². The van der Waals surface area contributed by atoms with Gasteiger partial charge in [-0.25, -0.2) is 4.98 Å². The zero-order valence-corrected chi connectivity index (χ0v) is 25.0. The highest BCUT2D eigenvalue weighted by atomic mass is 16.5. The Bertz CT molecular complexity index is 1450. The van der Waals surface area contributed by atoms with Crippen LogP contribution >= 0.6 is 0 Å². The summed E-state index contributed by atoms with van der Waals surface area (Å²) in [5.41, 5.74) is 4.93. The Morgan fingerprint density at radius 3 is 2.34 bits per heavy atom. The van der Waals surface area contributed by atoms with Gasteiger partial charge < -0.3 is 28.8 Å². The molecule has 0 aliphatic rings. The summed E-state index contributed by atoms with van der Waals surface area (Å²) in [6, 6.07) is 17.9. The number of amides is 1. The van der Waals surface area contributed by atoms with E-state index in [0.29, 0.717) is 48.3 Å². The normalized spacial score (nSPS) is 11.1. The Kier molecular flexibility index (Phi) is 10.1. The summed E-state index contributed by atoms with van der Waals surface area (Å²) in [4.78, 5) is 17.8. The fraction of sp³-hybridized carbons (Fsp3) is 0.394. The number of aromatic nitrogens is 2. The zero-order valence-electron chi connectivity index (χ0n) is 25.0. The molecule has 1 heterocycles. The molecule has 3 aromatic carbocycles. The summed E-state index contributed by atoms with van der Waals surface area (Å²) in [7, 11) is 4.59. The van der Waals surface area contributed by atoms with Crippen molar-refractivity contribution in [1.29, 1.82) is 0 Å². The molecule has 218 valence electrons. The zero-order chi connectivity index (χ0) is 29.4. The number of benzene rings is 3. The number of hydrogen-bond acceptors (Lipinski definition) is 6. The predicted octanol–water partition coefficient (Wildman–Crippen LogP) is 6.33. The molecule has 1 aromatic heterocycles. The first-order chi connectivity index (χ1) is 19.9. The summed E-state index contributed by atoms with van der Waals surface area (Å²) in [5, 5.41) is 3.01. The van der Waals surface area contributed by atoms with E-state index in [-0.39, 0.29) is 5.91 Å². The van der Waals surface area contributed by atoms with Crippen LogP contribution in [0.4, 0.5) is 0 Å². The van der Waals surface area contributed by atoms with Gasteiger partial charge in [-0.2, -0.15) is 0 Å². The summed E-state index contributed by atoms with van der Waals surface area (Å²) < 4.78 is 24.6. The SMILES string of the molecule is COc1cc(C(=O)NCCc2nc3ccccc3n2CCCCOc2cc(C)ccc2C(C)C)cc(OC)c1OC. The predicted molar refractivity (Wildman–Crippen MR) is 162 cm³/mol. The number of methoxy groups -OCH3 is 3. The average Bonchev–Trinajstić information content (AvgIpc) is 3.33. The van der Waals surface area contributed by atoms with Crippen molar-refractivity contribution in [3.05, 3.63) is 77.1 Å². The number of aryl methyl sites for hydroxylation is 2. The van der Waals surface area contributed by atoms with E-state index in [4.69, 9.17) is 23.9 Å². The summed E-state index contributed by atoms with van der Waals surface area (Å²) >= 11 is 0. The number of carbonyl (C=O) groups excluding carboxylic acids is 1. The van der Waals surface area contributed by atoms with Crippen LogP contribution in [0.5, 0.6) is 23.0 Å². The van der Waals surface area contributed by atoms with Gasteiger partial charge in [0, 0.05) is 25.1 Å². The highest BCUT2D eigenvalue weighted by molar-refractivity contribution is 5.95. The fourth-order valence-electron chi connectivity index (χ4n) is 4.97. The fourth-order valence-corrected chi connectivity index (χ4v) is 4.97. The first-order valence-electron chi connectivity index (χ1n) is 14.1. The Balaban J connectivity index is 1.38. The molecule has 0 fully saturated rings. The van der Waals surface area contributed by atoms with Gasteiger partial charge in [0.1, 0.15) is 11.6 Å². The number of carbonyl (C=O) groups is 1. The maximum Gasteiger partial charge on any atom is 0.251 e. The number of rotatable bonds is 14. The molecule has 4 aromatic rings. The Morgan fingerprint density at radius 1 is 0.927 bits per heavy atom. The van der Waals surface area contributed by atoms with Gasteiger partial charge in [-0.05, 0) is 67.1 Å². The van der Waals surface area contributed by atoms with Crippen LogP contribution in [-0.4, -0.2) is 49.9 Å². The quantitative estimate of drug-likeness (QED) is 0.182. The average molecular weight is 560 g/mol. The second-order valence-electron chi connectivity index (χ2n) is 10.3. The van der Waals surface area contributed by atoms with E-state index in [9.17, 15) is 4.79 Å². The minimum Gasteiger partial charge on any atom is -0.493 e. The Hall–Kier alpha value is -4.20. The number of imidazole rings is 1. The molecular weight excluding hydrogens is 518 g/mol. The molecule has 1 N–H and O–H groups in total. The van der Waals surface area contributed by atoms with Crippen LogP contribution in [-0.2, 0) is 13.0 Å². The lowest BCUT2D eigenvalue weighted by molar-refractivity contribution is 0.0953. The molecule has 0 saturated heterocycles. The topological polar surface area (TPSA) is 83.8 Å². The number of nitrogens with one attached hydrogen (secondary N) is 1. The van der Waals surface area contributed by atoms with Crippen LogP contribution in [0, 0.1) is 6.92 Å². The van der Waals surface area contributed by atoms with E-state index in [1.54, 1.807) is 12.1 Å². The van der Waals surface area contributed by atoms with E-state index in [1.807, 2.05) is 18.2 Å². The van der Waals surface area contributed by atoms with Gasteiger partial charge in [0.25, 0.3) is 5.91 Å². The van der Waals surface area contributed by atoms with Crippen LogP contribution in [0.25, 0.3) is 11.0 Å². The molecular formula is C33H41N3O5. The first kappa shape index (κ1) is 29.8. The van der Waals surface area contributed by atoms with E-state index < -0.39 is 0 Å². The molecule has 8 heteroatoms. The van der Waals surface area contributed by atoms with Crippen molar-refractivity contribution >= 4 is 16.9 Å². The second-order valence-corrected chi connectivity index (χ2v) is 10.3. The van der Waals surface area contributed by atoms with Crippen LogP contribution in [0.2, 0.25) is 0 Å². The van der Waals surface area contributed by atoms with Crippen molar-refractivity contribution in [2.24, 2.45) is 0 Å². The van der Waals surface area contributed by atoms with Gasteiger partial charge in [-0.3, -0.25) is 4.79 Å². The summed E-state index contributed by atoms with van der Waals surface area (Å²) in [6.45, 7) is 8.40. The van der Waals surface area contributed by atoms with Gasteiger partial charge >= 0.3 is 0 Å². The number of unbranched alkanes of at least 4 members (excludes halogenated alkanes) is 1. The maximum absolute atomic E-state index is 13.0. The highest BCUT2D eigenvalue weighted by Gasteiger charge is 2.17. The lowest BCUT2D eigenvalue weighted by atomic mass is 10.0. The monoisotopic (exact) mass is 559 g/mol. The van der Waals surface area contributed by atoms with Crippen molar-refractivity contribution < 1.29 is 23.7 Å². The molecule has 8 nitrogen and oxygen atoms in total. The van der Waals surface area contributed by atoms with E-state index in [1.165, 1.54) is 32.5 Å². The first-order valence-corrected chi connectivity index (χ1v) is 14.1. The molecule has 0 aliphatic heterocycles. The summed E-state index contributed by atoms with van der Waals surface area (Å²) in [5.74, 6) is 3.44. The van der Waals surface area contributed by atoms with E-state index in [2.05, 4.69) is 54.9 Å². The Morgan fingerprint density at radius 2 is 1.66 bits per heavy atom. The molecule has 0 radical (unpaired) electrons. The number of hydrogen-bond donors (Lipinski definition) is 1. The lowest BCUT2D eigenvalue weighted by Crippen LogP contribution is -2.26. The molecule has 41 heavy (non-hydrogen) atoms. The molecule has 0 unspecified atom stereocenters. The molecule has 0 aliphatic carbocycles. The Labute approximate surface area is 242 Å². The largest absolute Gasteiger partial charge is 0.493 e. The van der Waals surface area contributed by atoms with Crippen LogP contribution in [0.3, 0.4) is 0 Å². The molecule has 0 spiro atoms. The summed E-state index contributed by atoms with van der Waals surface area (Å²) in [6.07, 6.45) is 2.48. The highest BCUT2D eigenvalue weighted by Crippen LogP contribution is 2.38. The van der Waals surface area contributed by atoms with E-state index in [0.717, 1.165) is 42.0 Å². The van der Waals surface area contributed by atoms with Crippen LogP contribution in [0.1, 0.15) is 59.9 Å². The standard InChI is InChI=1S/C33H41N3O5/c1-22(2)25-14-13-23(3)19-28(25)41-18-10-9-17-36-27-12-8-7-11-26(27)35-31(36)15-16-34-33(37)24-20-29(38-4)32(40-6)30(21-24)39-5/h7-8,11-14,19-22H,9-10,15-18H2,1-6H3,(H,34,37). The smallest absolute Gasteiger partial charge is 0.251 e. The van der Waals surface area contributed by atoms with Gasteiger partial charge in [-0.1, -0.05) is 38.1 Å². The minimum absolute atomic E-state index is 0.221. The number of para-hydroxylation sites is 2.